The van der Waals surface area contributed by atoms with Crippen LogP contribution in [-0.4, -0.2) is 23.5 Å². The number of nitrogens with one attached hydrogen (secondary N) is 1. The van der Waals surface area contributed by atoms with Gasteiger partial charge in [-0.05, 0) is 19.3 Å². The molecule has 1 fully saturated rings. The third-order valence-corrected chi connectivity index (χ3v) is 3.90. The quantitative estimate of drug-likeness (QED) is 0.838. The predicted molar refractivity (Wildman–Crippen MR) is 73.7 cm³/mol. The van der Waals surface area contributed by atoms with Gasteiger partial charge in [0.15, 0.2) is 0 Å². The highest BCUT2D eigenvalue weighted by Gasteiger charge is 2.21. The summed E-state index contributed by atoms with van der Waals surface area (Å²) < 4.78 is 5.17. The number of furan rings is 1. The zero-order chi connectivity index (χ0) is 14.5. The maximum atomic E-state index is 12.1. The second-order valence-electron chi connectivity index (χ2n) is 5.48. The zero-order valence-electron chi connectivity index (χ0n) is 11.8. The van der Waals surface area contributed by atoms with Crippen molar-refractivity contribution in [3.8, 4) is 0 Å². The SMILES string of the molecule is Cc1coc(CC(=O)O)c1C(=O)NCCC1CCCC1. The number of carbonyl (C=O) groups excluding carboxylic acids is 1. The van der Waals surface area contributed by atoms with Gasteiger partial charge in [-0.15, -0.1) is 0 Å². The van der Waals surface area contributed by atoms with Gasteiger partial charge in [-0.25, -0.2) is 0 Å². The third-order valence-electron chi connectivity index (χ3n) is 3.90. The molecule has 0 unspecified atom stereocenters. The molecule has 0 bridgehead atoms. The van der Waals surface area contributed by atoms with E-state index in [0.717, 1.165) is 12.3 Å². The molecule has 1 aromatic heterocycles. The minimum absolute atomic E-state index is 0.230. The largest absolute Gasteiger partial charge is 0.481 e. The van der Waals surface area contributed by atoms with Crippen molar-refractivity contribution >= 4 is 11.9 Å². The summed E-state index contributed by atoms with van der Waals surface area (Å²) in [5, 5.41) is 11.7. The van der Waals surface area contributed by atoms with E-state index in [4.69, 9.17) is 9.52 Å². The number of hydrogen-bond donors (Lipinski definition) is 2. The fourth-order valence-corrected chi connectivity index (χ4v) is 2.85. The standard InChI is InChI=1S/C15H21NO4/c1-10-9-20-12(8-13(17)18)14(10)15(19)16-7-6-11-4-2-3-5-11/h9,11H,2-8H2,1H3,(H,16,19)(H,17,18). The lowest BCUT2D eigenvalue weighted by Crippen LogP contribution is -2.27. The summed E-state index contributed by atoms with van der Waals surface area (Å²) in [6, 6.07) is 0. The third kappa shape index (κ3) is 3.62. The number of rotatable bonds is 6. The van der Waals surface area contributed by atoms with Crippen molar-refractivity contribution in [3.05, 3.63) is 23.2 Å². The van der Waals surface area contributed by atoms with Crippen molar-refractivity contribution in [2.45, 2.75) is 45.4 Å². The van der Waals surface area contributed by atoms with Crippen molar-refractivity contribution < 1.29 is 19.1 Å². The van der Waals surface area contributed by atoms with E-state index in [9.17, 15) is 9.59 Å². The summed E-state index contributed by atoms with van der Waals surface area (Å²) in [6.45, 7) is 2.39. The first-order valence-corrected chi connectivity index (χ1v) is 7.15. The first-order chi connectivity index (χ1) is 9.58. The molecule has 1 amide bonds. The lowest BCUT2D eigenvalue weighted by atomic mass is 10.0. The second kappa shape index (κ2) is 6.59. The molecular formula is C15H21NO4. The first kappa shape index (κ1) is 14.6. The molecule has 0 radical (unpaired) electrons. The normalized spacial score (nSPS) is 15.4. The lowest BCUT2D eigenvalue weighted by Gasteiger charge is -2.10. The highest BCUT2D eigenvalue weighted by Crippen LogP contribution is 2.27. The Morgan fingerprint density at radius 2 is 2.10 bits per heavy atom. The van der Waals surface area contributed by atoms with Crippen molar-refractivity contribution in [2.24, 2.45) is 5.92 Å². The van der Waals surface area contributed by atoms with Crippen LogP contribution in [0.25, 0.3) is 0 Å². The van der Waals surface area contributed by atoms with Crippen molar-refractivity contribution in [1.29, 1.82) is 0 Å². The molecule has 20 heavy (non-hydrogen) atoms. The Morgan fingerprint density at radius 3 is 2.75 bits per heavy atom. The van der Waals surface area contributed by atoms with Crippen LogP contribution in [0.5, 0.6) is 0 Å². The Labute approximate surface area is 118 Å². The predicted octanol–water partition coefficient (Wildman–Crippen LogP) is 2.53. The summed E-state index contributed by atoms with van der Waals surface area (Å²) >= 11 is 0. The molecule has 1 aliphatic carbocycles. The molecule has 110 valence electrons. The Hall–Kier alpha value is -1.78. The van der Waals surface area contributed by atoms with Gasteiger partial charge in [0, 0.05) is 12.1 Å². The summed E-state index contributed by atoms with van der Waals surface area (Å²) in [5.41, 5.74) is 1.05. The van der Waals surface area contributed by atoms with E-state index in [0.29, 0.717) is 17.7 Å². The van der Waals surface area contributed by atoms with E-state index in [1.165, 1.54) is 31.9 Å². The maximum Gasteiger partial charge on any atom is 0.311 e. The molecule has 0 aliphatic heterocycles. The Bertz CT molecular complexity index is 486. The number of carbonyl (C=O) groups is 2. The highest BCUT2D eigenvalue weighted by atomic mass is 16.4. The number of amides is 1. The molecule has 2 rings (SSSR count). The van der Waals surface area contributed by atoms with Crippen molar-refractivity contribution in [2.75, 3.05) is 6.54 Å². The van der Waals surface area contributed by atoms with E-state index in [2.05, 4.69) is 5.32 Å². The van der Waals surface area contributed by atoms with Gasteiger partial charge in [0.2, 0.25) is 0 Å². The van der Waals surface area contributed by atoms with Crippen LogP contribution < -0.4 is 5.32 Å². The van der Waals surface area contributed by atoms with Gasteiger partial charge in [0.05, 0.1) is 11.8 Å². The summed E-state index contributed by atoms with van der Waals surface area (Å²) in [4.78, 5) is 22.9. The van der Waals surface area contributed by atoms with Crippen LogP contribution in [0.2, 0.25) is 0 Å². The van der Waals surface area contributed by atoms with Crippen LogP contribution in [0.4, 0.5) is 0 Å². The van der Waals surface area contributed by atoms with Crippen molar-refractivity contribution in [1.82, 2.24) is 5.32 Å². The van der Waals surface area contributed by atoms with E-state index in [-0.39, 0.29) is 18.1 Å². The Morgan fingerprint density at radius 1 is 1.40 bits per heavy atom. The van der Waals surface area contributed by atoms with Gasteiger partial charge in [-0.2, -0.15) is 0 Å². The van der Waals surface area contributed by atoms with Gasteiger partial charge in [-0.1, -0.05) is 25.7 Å². The van der Waals surface area contributed by atoms with Crippen LogP contribution in [0, 0.1) is 12.8 Å². The van der Waals surface area contributed by atoms with Crippen LogP contribution >= 0.6 is 0 Å². The minimum atomic E-state index is -1.00. The van der Waals surface area contributed by atoms with Gasteiger partial charge >= 0.3 is 5.97 Å². The molecule has 0 aromatic carbocycles. The average Bonchev–Trinajstić information content (AvgIpc) is 2.99. The fourth-order valence-electron chi connectivity index (χ4n) is 2.85. The molecule has 0 atom stereocenters. The van der Waals surface area contributed by atoms with E-state index < -0.39 is 5.97 Å². The minimum Gasteiger partial charge on any atom is -0.481 e. The van der Waals surface area contributed by atoms with Crippen LogP contribution in [0.15, 0.2) is 10.7 Å². The van der Waals surface area contributed by atoms with Crippen LogP contribution in [0.1, 0.15) is 53.8 Å². The van der Waals surface area contributed by atoms with E-state index in [1.807, 2.05) is 0 Å². The van der Waals surface area contributed by atoms with Crippen molar-refractivity contribution in [3.63, 3.8) is 0 Å². The summed E-state index contributed by atoms with van der Waals surface area (Å²) in [7, 11) is 0. The number of aryl methyl sites for hydroxylation is 1. The van der Waals surface area contributed by atoms with Gasteiger partial charge in [0.1, 0.15) is 12.2 Å². The number of carboxylic acids is 1. The van der Waals surface area contributed by atoms with Gasteiger partial charge < -0.3 is 14.8 Å². The Kier molecular flexibility index (Phi) is 4.82. The maximum absolute atomic E-state index is 12.1. The van der Waals surface area contributed by atoms with Gasteiger partial charge in [-0.3, -0.25) is 9.59 Å². The smallest absolute Gasteiger partial charge is 0.311 e. The van der Waals surface area contributed by atoms with Crippen LogP contribution in [-0.2, 0) is 11.2 Å². The fraction of sp³-hybridized carbons (Fsp3) is 0.600. The highest BCUT2D eigenvalue weighted by molar-refractivity contribution is 5.97. The lowest BCUT2D eigenvalue weighted by molar-refractivity contribution is -0.136. The molecule has 1 aromatic rings. The molecule has 1 heterocycles. The van der Waals surface area contributed by atoms with E-state index in [1.54, 1.807) is 6.92 Å². The molecule has 0 saturated heterocycles. The molecule has 5 nitrogen and oxygen atoms in total. The molecule has 0 spiro atoms. The topological polar surface area (TPSA) is 79.5 Å². The number of carboxylic acid groups (broad SMARTS) is 1. The monoisotopic (exact) mass is 279 g/mol. The summed E-state index contributed by atoms with van der Waals surface area (Å²) in [5.74, 6) is -0.280. The molecule has 1 saturated carbocycles. The number of hydrogen-bond acceptors (Lipinski definition) is 3. The molecule has 5 heteroatoms. The number of aliphatic carboxylic acids is 1. The molecule has 1 aliphatic rings. The average molecular weight is 279 g/mol. The molecular weight excluding hydrogens is 258 g/mol. The zero-order valence-corrected chi connectivity index (χ0v) is 11.8. The van der Waals surface area contributed by atoms with Crippen LogP contribution in [0.3, 0.4) is 0 Å². The second-order valence-corrected chi connectivity index (χ2v) is 5.48. The summed E-state index contributed by atoms with van der Waals surface area (Å²) in [6.07, 6.45) is 7.26. The Balaban J connectivity index is 1.90. The molecule has 2 N–H and O–H groups in total. The van der Waals surface area contributed by atoms with E-state index >= 15 is 0 Å². The first-order valence-electron chi connectivity index (χ1n) is 7.15. The van der Waals surface area contributed by atoms with Gasteiger partial charge in [0.25, 0.3) is 5.91 Å².